The zero-order chi connectivity index (χ0) is 18.1. The van der Waals surface area contributed by atoms with Crippen LogP contribution in [0.2, 0.25) is 0 Å². The van der Waals surface area contributed by atoms with Crippen LogP contribution in [0, 0.1) is 19.8 Å². The van der Waals surface area contributed by atoms with Crippen LogP contribution in [0.1, 0.15) is 34.8 Å². The van der Waals surface area contributed by atoms with Crippen molar-refractivity contribution >= 4 is 22.7 Å². The number of fused-ring (bicyclic) bond motifs is 1. The Balaban J connectivity index is 1.82. The lowest BCUT2D eigenvalue weighted by Crippen LogP contribution is -2.34. The third-order valence-corrected chi connectivity index (χ3v) is 5.05. The quantitative estimate of drug-likeness (QED) is 0.864. The highest BCUT2D eigenvalue weighted by atomic mass is 16.2. The van der Waals surface area contributed by atoms with Crippen LogP contribution in [-0.4, -0.2) is 53.3 Å². The second-order valence-corrected chi connectivity index (χ2v) is 7.14. The summed E-state index contributed by atoms with van der Waals surface area (Å²) in [5.41, 5.74) is 3.60. The molecule has 5 nitrogen and oxygen atoms in total. The van der Waals surface area contributed by atoms with Crippen molar-refractivity contribution in [3.63, 3.8) is 0 Å². The van der Waals surface area contributed by atoms with E-state index in [2.05, 4.69) is 11.1 Å². The number of amides is 2. The summed E-state index contributed by atoms with van der Waals surface area (Å²) < 4.78 is 0. The molecular weight excluding hydrogens is 314 g/mol. The first-order chi connectivity index (χ1) is 11.9. The van der Waals surface area contributed by atoms with Crippen molar-refractivity contribution in [3.05, 3.63) is 41.1 Å². The number of likely N-dealkylation sites (tertiary alicyclic amines) is 1. The minimum atomic E-state index is -0.00641. The zero-order valence-corrected chi connectivity index (χ0v) is 15.4. The molecule has 1 fully saturated rings. The van der Waals surface area contributed by atoms with Gasteiger partial charge in [-0.1, -0.05) is 0 Å². The maximum atomic E-state index is 13.0. The van der Waals surface area contributed by atoms with E-state index in [9.17, 15) is 9.59 Å². The topological polar surface area (TPSA) is 53.5 Å². The van der Waals surface area contributed by atoms with Gasteiger partial charge in [0.25, 0.3) is 5.91 Å². The van der Waals surface area contributed by atoms with E-state index < -0.39 is 0 Å². The van der Waals surface area contributed by atoms with Gasteiger partial charge in [0, 0.05) is 45.2 Å². The van der Waals surface area contributed by atoms with E-state index in [1.54, 1.807) is 18.0 Å². The van der Waals surface area contributed by atoms with E-state index >= 15 is 0 Å². The summed E-state index contributed by atoms with van der Waals surface area (Å²) in [7, 11) is 1.84. The van der Waals surface area contributed by atoms with E-state index in [1.807, 2.05) is 37.9 Å². The largest absolute Gasteiger partial charge is 0.343 e. The number of aromatic nitrogens is 1. The molecule has 1 aliphatic rings. The molecule has 1 aliphatic heterocycles. The van der Waals surface area contributed by atoms with Gasteiger partial charge in [0.2, 0.25) is 5.91 Å². The lowest BCUT2D eigenvalue weighted by Gasteiger charge is -2.22. The molecule has 1 saturated heterocycles. The maximum Gasteiger partial charge on any atom is 0.255 e. The molecule has 0 bridgehead atoms. The summed E-state index contributed by atoms with van der Waals surface area (Å²) >= 11 is 0. The number of benzene rings is 1. The lowest BCUT2D eigenvalue weighted by molar-refractivity contribution is -0.127. The van der Waals surface area contributed by atoms with Crippen molar-refractivity contribution in [1.82, 2.24) is 14.8 Å². The minimum Gasteiger partial charge on any atom is -0.343 e. The van der Waals surface area contributed by atoms with Gasteiger partial charge in [0.1, 0.15) is 0 Å². The highest BCUT2D eigenvalue weighted by Crippen LogP contribution is 2.24. The van der Waals surface area contributed by atoms with Crippen LogP contribution >= 0.6 is 0 Å². The monoisotopic (exact) mass is 339 g/mol. The molecule has 2 aromatic rings. The van der Waals surface area contributed by atoms with E-state index in [1.165, 1.54) is 0 Å². The summed E-state index contributed by atoms with van der Waals surface area (Å²) in [5.74, 6) is 0.442. The van der Waals surface area contributed by atoms with Crippen molar-refractivity contribution in [2.45, 2.75) is 27.2 Å². The average Bonchev–Trinajstić information content (AvgIpc) is 3.03. The molecule has 1 atom stereocenters. The second kappa shape index (κ2) is 6.82. The number of hydrogen-bond acceptors (Lipinski definition) is 3. The van der Waals surface area contributed by atoms with Gasteiger partial charge in [0.05, 0.1) is 11.1 Å². The zero-order valence-electron chi connectivity index (χ0n) is 15.4. The number of pyridine rings is 1. The van der Waals surface area contributed by atoms with Crippen molar-refractivity contribution in [1.29, 1.82) is 0 Å². The normalized spacial score (nSPS) is 17.1. The summed E-state index contributed by atoms with van der Waals surface area (Å²) in [6, 6.07) is 5.97. The van der Waals surface area contributed by atoms with Gasteiger partial charge in [-0.3, -0.25) is 14.6 Å². The Kier molecular flexibility index (Phi) is 4.75. The number of carbonyl (C=O) groups is 2. The van der Waals surface area contributed by atoms with Crippen molar-refractivity contribution in [2.75, 3.05) is 26.7 Å². The molecule has 1 aromatic carbocycles. The Morgan fingerprint density at radius 3 is 2.76 bits per heavy atom. The Hall–Kier alpha value is -2.43. The van der Waals surface area contributed by atoms with Crippen molar-refractivity contribution < 1.29 is 9.59 Å². The Labute approximate surface area is 148 Å². The predicted molar refractivity (Wildman–Crippen MR) is 98.5 cm³/mol. The van der Waals surface area contributed by atoms with E-state index in [4.69, 9.17) is 0 Å². The predicted octanol–water partition coefficient (Wildman–Crippen LogP) is 2.79. The summed E-state index contributed by atoms with van der Waals surface area (Å²) in [6.45, 7) is 7.82. The van der Waals surface area contributed by atoms with Gasteiger partial charge >= 0.3 is 0 Å². The van der Waals surface area contributed by atoms with Crippen LogP contribution < -0.4 is 0 Å². The lowest BCUT2D eigenvalue weighted by atomic mass is 10.0. The van der Waals surface area contributed by atoms with E-state index in [-0.39, 0.29) is 11.8 Å². The van der Waals surface area contributed by atoms with Crippen LogP contribution in [0.5, 0.6) is 0 Å². The highest BCUT2D eigenvalue weighted by molar-refractivity contribution is 6.06. The number of carbonyl (C=O) groups excluding carboxylic acids is 2. The fourth-order valence-corrected chi connectivity index (χ4v) is 3.64. The van der Waals surface area contributed by atoms with Crippen LogP contribution in [0.4, 0.5) is 0 Å². The molecule has 0 aliphatic carbocycles. The molecule has 132 valence electrons. The Morgan fingerprint density at radius 1 is 1.32 bits per heavy atom. The van der Waals surface area contributed by atoms with E-state index in [0.717, 1.165) is 41.5 Å². The molecule has 3 rings (SSSR count). The molecule has 0 spiro atoms. The summed E-state index contributed by atoms with van der Waals surface area (Å²) in [5, 5.41) is 1.03. The smallest absolute Gasteiger partial charge is 0.255 e. The molecule has 0 radical (unpaired) electrons. The third kappa shape index (κ3) is 3.50. The molecule has 0 N–H and O–H groups in total. The molecular formula is C20H25N3O2. The minimum absolute atomic E-state index is 0.00641. The van der Waals surface area contributed by atoms with E-state index in [0.29, 0.717) is 18.0 Å². The highest BCUT2D eigenvalue weighted by Gasteiger charge is 2.27. The number of aryl methyl sites for hydroxylation is 2. The first-order valence-corrected chi connectivity index (χ1v) is 8.73. The van der Waals surface area contributed by atoms with Gasteiger partial charge in [0.15, 0.2) is 0 Å². The van der Waals surface area contributed by atoms with Gasteiger partial charge in [-0.2, -0.15) is 0 Å². The third-order valence-electron chi connectivity index (χ3n) is 5.05. The first kappa shape index (κ1) is 17.4. The van der Waals surface area contributed by atoms with Gasteiger partial charge < -0.3 is 9.80 Å². The Morgan fingerprint density at radius 2 is 2.08 bits per heavy atom. The molecule has 2 heterocycles. The molecule has 0 saturated carbocycles. The fraction of sp³-hybridized carbons (Fsp3) is 0.450. The second-order valence-electron chi connectivity index (χ2n) is 7.14. The maximum absolute atomic E-state index is 13.0. The standard InChI is InChI=1S/C20H25N3O2/c1-13-9-17-14(2)5-7-21-19(17)18(10-13)20(25)22(4)11-16-6-8-23(12-16)15(3)24/h5,7,9-10,16H,6,8,11-12H2,1-4H3/t16-/m1/s1. The fourth-order valence-electron chi connectivity index (χ4n) is 3.64. The number of rotatable bonds is 3. The SMILES string of the molecule is CC(=O)N1CC[C@H](CN(C)C(=O)c2cc(C)cc3c(C)ccnc23)C1. The summed E-state index contributed by atoms with van der Waals surface area (Å²) in [4.78, 5) is 32.6. The average molecular weight is 339 g/mol. The van der Waals surface area contributed by atoms with Crippen molar-refractivity contribution in [2.24, 2.45) is 5.92 Å². The van der Waals surface area contributed by atoms with Gasteiger partial charge in [-0.25, -0.2) is 0 Å². The van der Waals surface area contributed by atoms with Crippen LogP contribution in [-0.2, 0) is 4.79 Å². The molecule has 25 heavy (non-hydrogen) atoms. The van der Waals surface area contributed by atoms with Crippen LogP contribution in [0.3, 0.4) is 0 Å². The van der Waals surface area contributed by atoms with Crippen molar-refractivity contribution in [3.8, 4) is 0 Å². The van der Waals surface area contributed by atoms with Crippen LogP contribution in [0.15, 0.2) is 24.4 Å². The molecule has 1 aromatic heterocycles. The molecule has 0 unspecified atom stereocenters. The van der Waals surface area contributed by atoms with Crippen LogP contribution in [0.25, 0.3) is 10.9 Å². The Bertz CT molecular complexity index is 831. The number of hydrogen-bond donors (Lipinski definition) is 0. The molecule has 5 heteroatoms. The van der Waals surface area contributed by atoms with Gasteiger partial charge in [-0.05, 0) is 55.5 Å². The molecule has 2 amide bonds. The summed E-state index contributed by atoms with van der Waals surface area (Å²) in [6.07, 6.45) is 2.70. The van der Waals surface area contributed by atoms with Gasteiger partial charge in [-0.15, -0.1) is 0 Å². The number of nitrogens with zero attached hydrogens (tertiary/aromatic N) is 3. The first-order valence-electron chi connectivity index (χ1n) is 8.73.